The van der Waals surface area contributed by atoms with Gasteiger partial charge >= 0.3 is 5.97 Å². The van der Waals surface area contributed by atoms with Crippen molar-refractivity contribution < 1.29 is 24.2 Å². The van der Waals surface area contributed by atoms with Crippen molar-refractivity contribution in [3.63, 3.8) is 0 Å². The summed E-state index contributed by atoms with van der Waals surface area (Å²) >= 11 is 0. The van der Waals surface area contributed by atoms with Gasteiger partial charge in [0.1, 0.15) is 11.2 Å². The summed E-state index contributed by atoms with van der Waals surface area (Å²) in [5.74, 6) is -0.345. The molecule has 0 aromatic heterocycles. The zero-order valence-corrected chi connectivity index (χ0v) is 12.9. The van der Waals surface area contributed by atoms with Gasteiger partial charge in [-0.05, 0) is 12.5 Å². The zero-order chi connectivity index (χ0) is 16.2. The number of amides is 1. The normalized spacial score (nSPS) is 20.9. The lowest BCUT2D eigenvalue weighted by Gasteiger charge is -2.24. The van der Waals surface area contributed by atoms with E-state index in [-0.39, 0.29) is 25.5 Å². The van der Waals surface area contributed by atoms with Crippen molar-refractivity contribution in [3.05, 3.63) is 29.8 Å². The number of rotatable bonds is 6. The number of hydrogen-bond acceptors (Lipinski definition) is 4. The van der Waals surface area contributed by atoms with Gasteiger partial charge in [-0.15, -0.1) is 0 Å². The summed E-state index contributed by atoms with van der Waals surface area (Å²) in [5.41, 5.74) is -0.194. The van der Waals surface area contributed by atoms with Gasteiger partial charge in [-0.25, -0.2) is 0 Å². The second kappa shape index (κ2) is 6.79. The molecule has 1 saturated heterocycles. The van der Waals surface area contributed by atoms with E-state index in [4.69, 9.17) is 9.47 Å². The summed E-state index contributed by atoms with van der Waals surface area (Å²) in [6.45, 7) is 0.731. The lowest BCUT2D eigenvalue weighted by Crippen LogP contribution is -2.40. The van der Waals surface area contributed by atoms with Crippen molar-refractivity contribution in [2.24, 2.45) is 5.41 Å². The minimum Gasteiger partial charge on any atom is -0.496 e. The second-order valence-electron chi connectivity index (χ2n) is 5.57. The van der Waals surface area contributed by atoms with Crippen molar-refractivity contribution in [2.75, 3.05) is 33.9 Å². The number of para-hydroxylation sites is 1. The highest BCUT2D eigenvalue weighted by molar-refractivity contribution is 5.82. The summed E-state index contributed by atoms with van der Waals surface area (Å²) in [7, 11) is 3.04. The van der Waals surface area contributed by atoms with Gasteiger partial charge in [0.15, 0.2) is 0 Å². The third kappa shape index (κ3) is 3.22. The molecule has 1 aromatic rings. The minimum atomic E-state index is -0.995. The summed E-state index contributed by atoms with van der Waals surface area (Å²) < 4.78 is 10.3. The fraction of sp³-hybridized carbons (Fsp3) is 0.500. The molecule has 0 bridgehead atoms. The molecule has 1 amide bonds. The van der Waals surface area contributed by atoms with E-state index in [1.807, 2.05) is 18.2 Å². The zero-order valence-electron chi connectivity index (χ0n) is 12.9. The van der Waals surface area contributed by atoms with Crippen LogP contribution in [0.1, 0.15) is 12.0 Å². The third-order valence-electron chi connectivity index (χ3n) is 4.12. The Bertz CT molecular complexity index is 559. The molecule has 0 saturated carbocycles. The van der Waals surface area contributed by atoms with Crippen LogP contribution in [0.3, 0.4) is 0 Å². The predicted octanol–water partition coefficient (Wildman–Crippen LogP) is 1.19. The maximum absolute atomic E-state index is 12.4. The molecule has 1 N–H and O–H groups in total. The monoisotopic (exact) mass is 307 g/mol. The molecule has 1 aliphatic heterocycles. The Morgan fingerprint density at radius 3 is 2.68 bits per heavy atom. The molecule has 0 spiro atoms. The minimum absolute atomic E-state index is 0.0938. The van der Waals surface area contributed by atoms with Crippen molar-refractivity contribution >= 4 is 11.9 Å². The van der Waals surface area contributed by atoms with E-state index in [1.54, 1.807) is 18.1 Å². The first-order valence-corrected chi connectivity index (χ1v) is 7.14. The maximum Gasteiger partial charge on any atom is 0.313 e. The molecule has 0 aliphatic carbocycles. The first kappa shape index (κ1) is 16.3. The summed E-state index contributed by atoms with van der Waals surface area (Å²) in [4.78, 5) is 25.5. The molecular weight excluding hydrogens is 286 g/mol. The summed E-state index contributed by atoms with van der Waals surface area (Å²) in [5, 5.41) is 9.43. The van der Waals surface area contributed by atoms with E-state index in [1.165, 1.54) is 7.11 Å². The third-order valence-corrected chi connectivity index (χ3v) is 4.12. The van der Waals surface area contributed by atoms with Crippen LogP contribution in [-0.4, -0.2) is 55.8 Å². The standard InChI is InChI=1S/C16H21NO5/c1-21-11-16(15(19)20)7-8-17(10-16)14(18)9-12-5-3-4-6-13(12)22-2/h3-6H,7-11H2,1-2H3,(H,19,20). The molecule has 0 radical (unpaired) electrons. The number of nitrogens with zero attached hydrogens (tertiary/aromatic N) is 1. The van der Waals surface area contributed by atoms with E-state index in [0.29, 0.717) is 18.7 Å². The van der Waals surface area contributed by atoms with Crippen molar-refractivity contribution in [1.29, 1.82) is 0 Å². The van der Waals surface area contributed by atoms with Gasteiger partial charge in [0.05, 0.1) is 20.1 Å². The van der Waals surface area contributed by atoms with Crippen LogP contribution >= 0.6 is 0 Å². The average molecular weight is 307 g/mol. The van der Waals surface area contributed by atoms with Gasteiger partial charge in [0.2, 0.25) is 5.91 Å². The molecule has 1 aromatic carbocycles. The summed E-state index contributed by atoms with van der Waals surface area (Å²) in [6, 6.07) is 7.34. The van der Waals surface area contributed by atoms with Crippen LogP contribution < -0.4 is 4.74 Å². The van der Waals surface area contributed by atoms with E-state index < -0.39 is 11.4 Å². The lowest BCUT2D eigenvalue weighted by atomic mass is 9.88. The van der Waals surface area contributed by atoms with Gasteiger partial charge in [0, 0.05) is 25.8 Å². The highest BCUT2D eigenvalue weighted by Gasteiger charge is 2.46. The largest absolute Gasteiger partial charge is 0.496 e. The number of carbonyl (C=O) groups is 2. The molecule has 22 heavy (non-hydrogen) atoms. The second-order valence-corrected chi connectivity index (χ2v) is 5.57. The smallest absolute Gasteiger partial charge is 0.313 e. The molecule has 1 atom stereocenters. The Labute approximate surface area is 129 Å². The first-order chi connectivity index (χ1) is 10.5. The van der Waals surface area contributed by atoms with Crippen LogP contribution in [-0.2, 0) is 20.7 Å². The Balaban J connectivity index is 2.07. The van der Waals surface area contributed by atoms with Crippen molar-refractivity contribution in [3.8, 4) is 5.75 Å². The van der Waals surface area contributed by atoms with Crippen molar-refractivity contribution in [1.82, 2.24) is 4.90 Å². The van der Waals surface area contributed by atoms with Crippen LogP contribution in [0.4, 0.5) is 0 Å². The Morgan fingerprint density at radius 2 is 2.05 bits per heavy atom. The van der Waals surface area contributed by atoms with Gasteiger partial charge in [-0.3, -0.25) is 9.59 Å². The highest BCUT2D eigenvalue weighted by Crippen LogP contribution is 2.32. The van der Waals surface area contributed by atoms with E-state index in [9.17, 15) is 14.7 Å². The van der Waals surface area contributed by atoms with Gasteiger partial charge in [0.25, 0.3) is 0 Å². The molecule has 1 fully saturated rings. The van der Waals surface area contributed by atoms with Crippen LogP contribution in [0.15, 0.2) is 24.3 Å². The lowest BCUT2D eigenvalue weighted by molar-refractivity contribution is -0.151. The highest BCUT2D eigenvalue weighted by atomic mass is 16.5. The molecule has 6 heteroatoms. The molecular formula is C16H21NO5. The fourth-order valence-electron chi connectivity index (χ4n) is 2.84. The topological polar surface area (TPSA) is 76.1 Å². The number of carbonyl (C=O) groups excluding carboxylic acids is 1. The summed E-state index contributed by atoms with van der Waals surface area (Å²) in [6.07, 6.45) is 0.612. The fourth-order valence-corrected chi connectivity index (χ4v) is 2.84. The number of aliphatic carboxylic acids is 1. The molecule has 120 valence electrons. The van der Waals surface area contributed by atoms with E-state index in [0.717, 1.165) is 5.56 Å². The maximum atomic E-state index is 12.4. The van der Waals surface area contributed by atoms with Crippen LogP contribution in [0.25, 0.3) is 0 Å². The van der Waals surface area contributed by atoms with Gasteiger partial charge in [-0.2, -0.15) is 0 Å². The van der Waals surface area contributed by atoms with E-state index >= 15 is 0 Å². The predicted molar refractivity (Wildman–Crippen MR) is 79.8 cm³/mol. The average Bonchev–Trinajstić information content (AvgIpc) is 2.94. The SMILES string of the molecule is COCC1(C(=O)O)CCN(C(=O)Cc2ccccc2OC)C1. The number of hydrogen-bond donors (Lipinski definition) is 1. The molecule has 6 nitrogen and oxygen atoms in total. The van der Waals surface area contributed by atoms with Crippen LogP contribution in [0.2, 0.25) is 0 Å². The Kier molecular flexibility index (Phi) is 5.03. The number of carboxylic acid groups (broad SMARTS) is 1. The number of carboxylic acids is 1. The van der Waals surface area contributed by atoms with Crippen LogP contribution in [0, 0.1) is 5.41 Å². The number of methoxy groups -OCH3 is 2. The molecule has 2 rings (SSSR count). The van der Waals surface area contributed by atoms with Gasteiger partial charge in [-0.1, -0.05) is 18.2 Å². The first-order valence-electron chi connectivity index (χ1n) is 7.14. The van der Waals surface area contributed by atoms with Gasteiger partial charge < -0.3 is 19.5 Å². The van der Waals surface area contributed by atoms with Crippen LogP contribution in [0.5, 0.6) is 5.75 Å². The Hall–Kier alpha value is -2.08. The van der Waals surface area contributed by atoms with Crippen molar-refractivity contribution in [2.45, 2.75) is 12.8 Å². The number of benzene rings is 1. The molecule has 1 heterocycles. The number of likely N-dealkylation sites (tertiary alicyclic amines) is 1. The molecule has 1 aliphatic rings. The van der Waals surface area contributed by atoms with E-state index in [2.05, 4.69) is 0 Å². The molecule has 1 unspecified atom stereocenters. The Morgan fingerprint density at radius 1 is 1.32 bits per heavy atom. The number of ether oxygens (including phenoxy) is 2. The quantitative estimate of drug-likeness (QED) is 0.854.